The maximum Gasteiger partial charge on any atom is 0.327 e. The van der Waals surface area contributed by atoms with E-state index in [-0.39, 0.29) is 5.91 Å². The van der Waals surface area contributed by atoms with Crippen LogP contribution in [0.2, 0.25) is 0 Å². The minimum atomic E-state index is -0.738. The first-order valence-corrected chi connectivity index (χ1v) is 8.35. The highest BCUT2D eigenvalue weighted by Crippen LogP contribution is 2.14. The molecule has 3 amide bonds. The fraction of sp³-hybridized carbons (Fsp3) is 0.312. The number of carbonyl (C=O) groups excluding carboxylic acids is 3. The molecule has 0 aliphatic carbocycles. The molecule has 8 heteroatoms. The number of nitrogens with one attached hydrogen (secondary N) is 3. The van der Waals surface area contributed by atoms with E-state index >= 15 is 0 Å². The van der Waals surface area contributed by atoms with Crippen molar-refractivity contribution >= 4 is 39.3 Å². The largest absolute Gasteiger partial charge is 0.334 e. The Morgan fingerprint density at radius 3 is 2.33 bits per heavy atom. The molecule has 1 heterocycles. The summed E-state index contributed by atoms with van der Waals surface area (Å²) in [5, 5.41) is 2.69. The average molecular weight is 395 g/mol. The standard InChI is InChI=1S/C16H19BrN4O3/c1-11(10-14(22)18-13-6-4-12(17)5-7-13)19-20-15(23)16(24)21-8-2-3-9-21/h4-7,10,19H,2-3,8-9H2,1H3,(H,18,22)(H,20,23)/b11-10-. The van der Waals surface area contributed by atoms with Gasteiger partial charge in [-0.1, -0.05) is 15.9 Å². The van der Waals surface area contributed by atoms with E-state index in [1.807, 2.05) is 12.1 Å². The van der Waals surface area contributed by atoms with Gasteiger partial charge in [-0.15, -0.1) is 0 Å². The molecule has 2 rings (SSSR count). The molecule has 1 aliphatic heterocycles. The average Bonchev–Trinajstić information content (AvgIpc) is 3.08. The third kappa shape index (κ3) is 5.38. The Balaban J connectivity index is 1.80. The van der Waals surface area contributed by atoms with Gasteiger partial charge in [0.25, 0.3) is 0 Å². The van der Waals surface area contributed by atoms with Gasteiger partial charge in [-0.2, -0.15) is 0 Å². The molecule has 1 aromatic carbocycles. The van der Waals surface area contributed by atoms with Gasteiger partial charge in [0.2, 0.25) is 5.91 Å². The van der Waals surface area contributed by atoms with Crippen LogP contribution in [-0.4, -0.2) is 35.7 Å². The smallest absolute Gasteiger partial charge is 0.327 e. The van der Waals surface area contributed by atoms with Crippen LogP contribution < -0.4 is 16.2 Å². The molecule has 0 spiro atoms. The SMILES string of the molecule is C/C(=C/C(=O)Nc1ccc(Br)cc1)NNC(=O)C(=O)N1CCCC1. The van der Waals surface area contributed by atoms with Gasteiger partial charge < -0.3 is 15.6 Å². The first kappa shape index (κ1) is 18.0. The number of hydrogen-bond acceptors (Lipinski definition) is 4. The first-order valence-electron chi connectivity index (χ1n) is 7.56. The van der Waals surface area contributed by atoms with Gasteiger partial charge in [-0.05, 0) is 44.0 Å². The second-order valence-corrected chi connectivity index (χ2v) is 6.32. The van der Waals surface area contributed by atoms with Gasteiger partial charge in [0.05, 0.1) is 0 Å². The van der Waals surface area contributed by atoms with Gasteiger partial charge in [0.1, 0.15) is 0 Å². The van der Waals surface area contributed by atoms with Crippen LogP contribution in [0.3, 0.4) is 0 Å². The van der Waals surface area contributed by atoms with E-state index in [2.05, 4.69) is 32.1 Å². The molecule has 0 atom stereocenters. The summed E-state index contributed by atoms with van der Waals surface area (Å²) in [6, 6.07) is 7.15. The molecule has 0 saturated carbocycles. The first-order chi connectivity index (χ1) is 11.5. The summed E-state index contributed by atoms with van der Waals surface area (Å²) < 4.78 is 0.916. The number of carbonyl (C=O) groups is 3. The molecule has 0 unspecified atom stereocenters. The van der Waals surface area contributed by atoms with E-state index in [9.17, 15) is 14.4 Å². The number of nitrogens with zero attached hydrogens (tertiary/aromatic N) is 1. The Bertz CT molecular complexity index is 652. The molecule has 24 heavy (non-hydrogen) atoms. The van der Waals surface area contributed by atoms with Crippen molar-refractivity contribution in [3.8, 4) is 0 Å². The van der Waals surface area contributed by atoms with Crippen LogP contribution in [0.1, 0.15) is 19.8 Å². The Hall–Kier alpha value is -2.35. The molecule has 1 aliphatic rings. The number of hydrazine groups is 1. The molecule has 1 aromatic rings. The number of halogens is 1. The van der Waals surface area contributed by atoms with Crippen LogP contribution >= 0.6 is 15.9 Å². The fourth-order valence-corrected chi connectivity index (χ4v) is 2.48. The van der Waals surface area contributed by atoms with Crippen molar-refractivity contribution in [2.75, 3.05) is 18.4 Å². The van der Waals surface area contributed by atoms with Crippen LogP contribution in [-0.2, 0) is 14.4 Å². The van der Waals surface area contributed by atoms with Gasteiger partial charge in [-0.25, -0.2) is 0 Å². The molecule has 0 aromatic heterocycles. The maximum atomic E-state index is 11.9. The lowest BCUT2D eigenvalue weighted by Crippen LogP contribution is -2.46. The molecule has 7 nitrogen and oxygen atoms in total. The van der Waals surface area contributed by atoms with E-state index < -0.39 is 11.8 Å². The van der Waals surface area contributed by atoms with Crippen LogP contribution in [0.15, 0.2) is 40.5 Å². The van der Waals surface area contributed by atoms with Gasteiger partial charge in [0, 0.05) is 35.0 Å². The van der Waals surface area contributed by atoms with Crippen LogP contribution in [0.25, 0.3) is 0 Å². The number of benzene rings is 1. The number of likely N-dealkylation sites (tertiary alicyclic amines) is 1. The highest BCUT2D eigenvalue weighted by atomic mass is 79.9. The summed E-state index contributed by atoms with van der Waals surface area (Å²) in [5.74, 6) is -1.65. The summed E-state index contributed by atoms with van der Waals surface area (Å²) in [5.41, 5.74) is 5.92. The Kier molecular flexibility index (Phi) is 6.36. The van der Waals surface area contributed by atoms with Gasteiger partial charge >= 0.3 is 11.8 Å². The van der Waals surface area contributed by atoms with E-state index in [0.29, 0.717) is 24.5 Å². The van der Waals surface area contributed by atoms with Crippen LogP contribution in [0, 0.1) is 0 Å². The second-order valence-electron chi connectivity index (χ2n) is 5.40. The molecular weight excluding hydrogens is 376 g/mol. The Labute approximate surface area is 148 Å². The predicted molar refractivity (Wildman–Crippen MR) is 93.6 cm³/mol. The molecule has 3 N–H and O–H groups in total. The zero-order chi connectivity index (χ0) is 17.5. The minimum Gasteiger partial charge on any atom is -0.334 e. The highest BCUT2D eigenvalue weighted by Gasteiger charge is 2.24. The number of rotatable bonds is 4. The lowest BCUT2D eigenvalue weighted by Gasteiger charge is -2.15. The number of amides is 3. The zero-order valence-electron chi connectivity index (χ0n) is 13.3. The van der Waals surface area contributed by atoms with E-state index in [1.54, 1.807) is 19.1 Å². The predicted octanol–water partition coefficient (Wildman–Crippen LogP) is 1.53. The van der Waals surface area contributed by atoms with Crippen molar-refractivity contribution in [3.63, 3.8) is 0 Å². The molecule has 1 saturated heterocycles. The number of allylic oxidation sites excluding steroid dienone is 1. The molecule has 0 bridgehead atoms. The monoisotopic (exact) mass is 394 g/mol. The molecular formula is C16H19BrN4O3. The summed E-state index contributed by atoms with van der Waals surface area (Å²) in [6.07, 6.45) is 3.13. The van der Waals surface area contributed by atoms with Crippen LogP contribution in [0.5, 0.6) is 0 Å². The normalized spacial score (nSPS) is 14.2. The lowest BCUT2D eigenvalue weighted by molar-refractivity contribution is -0.145. The van der Waals surface area contributed by atoms with Crippen molar-refractivity contribution in [2.45, 2.75) is 19.8 Å². The molecule has 1 fully saturated rings. The fourth-order valence-electron chi connectivity index (χ4n) is 2.22. The summed E-state index contributed by atoms with van der Waals surface area (Å²) in [4.78, 5) is 36.9. The Morgan fingerprint density at radius 1 is 1.08 bits per heavy atom. The summed E-state index contributed by atoms with van der Waals surface area (Å²) in [7, 11) is 0. The number of hydrogen-bond donors (Lipinski definition) is 3. The third-order valence-electron chi connectivity index (χ3n) is 3.42. The topological polar surface area (TPSA) is 90.5 Å². The second kappa shape index (κ2) is 8.49. The van der Waals surface area contributed by atoms with Crippen molar-refractivity contribution in [1.82, 2.24) is 15.8 Å². The van der Waals surface area contributed by atoms with Crippen LogP contribution in [0.4, 0.5) is 5.69 Å². The van der Waals surface area contributed by atoms with E-state index in [4.69, 9.17) is 0 Å². The van der Waals surface area contributed by atoms with Gasteiger partial charge in [-0.3, -0.25) is 19.8 Å². The van der Waals surface area contributed by atoms with Crippen molar-refractivity contribution in [1.29, 1.82) is 0 Å². The van der Waals surface area contributed by atoms with Gasteiger partial charge in [0.15, 0.2) is 0 Å². The van der Waals surface area contributed by atoms with Crippen molar-refractivity contribution in [2.24, 2.45) is 0 Å². The summed E-state index contributed by atoms with van der Waals surface area (Å²) in [6.45, 7) is 2.83. The molecule has 128 valence electrons. The highest BCUT2D eigenvalue weighted by molar-refractivity contribution is 9.10. The maximum absolute atomic E-state index is 11.9. The quantitative estimate of drug-likeness (QED) is 0.410. The minimum absolute atomic E-state index is 0.345. The zero-order valence-corrected chi connectivity index (χ0v) is 14.9. The number of anilines is 1. The third-order valence-corrected chi connectivity index (χ3v) is 3.95. The summed E-state index contributed by atoms with van der Waals surface area (Å²) >= 11 is 3.32. The Morgan fingerprint density at radius 2 is 1.71 bits per heavy atom. The van der Waals surface area contributed by atoms with E-state index in [1.165, 1.54) is 11.0 Å². The molecule has 0 radical (unpaired) electrons. The van der Waals surface area contributed by atoms with Crippen molar-refractivity contribution in [3.05, 3.63) is 40.5 Å². The lowest BCUT2D eigenvalue weighted by atomic mass is 10.3. The van der Waals surface area contributed by atoms with Crippen molar-refractivity contribution < 1.29 is 14.4 Å². The van der Waals surface area contributed by atoms with E-state index in [0.717, 1.165) is 17.3 Å².